The standard InChI is InChI=1S/C76H46O/c1-2-15-52-42-53(37-30-47(52)14-1)48-28-35-51(36-29-48)72-60-16-3-5-18-62(60)73(63-19-6-4-17-61(63)72)56-40-33-49-31-38-54(43-58(49)45-56)55-39-32-50-34-41-57(46-59(50)44-55)74-64-20-7-9-22-66(64)75(67-23-10-8-21-65(67)74)69-25-13-27-71-76(69)68-24-11-12-26-70(68)77-71/h1-46H. The predicted octanol–water partition coefficient (Wildman–Crippen LogP) is 21.7. The van der Waals surface area contributed by atoms with Gasteiger partial charge in [-0.05, 0) is 185 Å². The Morgan fingerprint density at radius 2 is 0.506 bits per heavy atom. The molecule has 0 aliphatic heterocycles. The number of para-hydroxylation sites is 1. The van der Waals surface area contributed by atoms with Crippen molar-refractivity contribution >= 4 is 97.3 Å². The number of hydrogen-bond donors (Lipinski definition) is 0. The molecule has 0 radical (unpaired) electrons. The van der Waals surface area contributed by atoms with E-state index in [9.17, 15) is 0 Å². The van der Waals surface area contributed by atoms with Crippen molar-refractivity contribution < 1.29 is 4.42 Å². The van der Waals surface area contributed by atoms with Gasteiger partial charge in [0.2, 0.25) is 0 Å². The van der Waals surface area contributed by atoms with Gasteiger partial charge in [-0.2, -0.15) is 0 Å². The van der Waals surface area contributed by atoms with Gasteiger partial charge in [-0.25, -0.2) is 0 Å². The summed E-state index contributed by atoms with van der Waals surface area (Å²) in [6, 6.07) is 103. The lowest BCUT2D eigenvalue weighted by atomic mass is 9.84. The minimum Gasteiger partial charge on any atom is -0.456 e. The summed E-state index contributed by atoms with van der Waals surface area (Å²) in [4.78, 5) is 0. The first kappa shape index (κ1) is 43.3. The van der Waals surface area contributed by atoms with Crippen LogP contribution >= 0.6 is 0 Å². The molecule has 356 valence electrons. The summed E-state index contributed by atoms with van der Waals surface area (Å²) in [7, 11) is 0. The van der Waals surface area contributed by atoms with Crippen LogP contribution in [0.1, 0.15) is 0 Å². The van der Waals surface area contributed by atoms with Crippen molar-refractivity contribution in [1.29, 1.82) is 0 Å². The molecule has 0 aliphatic rings. The Morgan fingerprint density at radius 1 is 0.182 bits per heavy atom. The molecule has 1 heterocycles. The van der Waals surface area contributed by atoms with Crippen LogP contribution in [-0.2, 0) is 0 Å². The average molecular weight is 975 g/mol. The van der Waals surface area contributed by atoms with Gasteiger partial charge in [0.25, 0.3) is 0 Å². The fourth-order valence-corrected chi connectivity index (χ4v) is 12.8. The van der Waals surface area contributed by atoms with Crippen LogP contribution in [-0.4, -0.2) is 0 Å². The molecule has 0 amide bonds. The fraction of sp³-hybridized carbons (Fsp3) is 0. The van der Waals surface area contributed by atoms with Gasteiger partial charge in [0.05, 0.1) is 0 Å². The van der Waals surface area contributed by atoms with Gasteiger partial charge in [-0.3, -0.25) is 0 Å². The summed E-state index contributed by atoms with van der Waals surface area (Å²) >= 11 is 0. The molecule has 77 heavy (non-hydrogen) atoms. The minimum absolute atomic E-state index is 0.904. The molecule has 16 rings (SSSR count). The lowest BCUT2D eigenvalue weighted by Crippen LogP contribution is -1.91. The Hall–Kier alpha value is -10.1. The maximum Gasteiger partial charge on any atom is 0.136 e. The van der Waals surface area contributed by atoms with E-state index in [1.807, 2.05) is 6.07 Å². The van der Waals surface area contributed by atoms with E-state index in [-0.39, 0.29) is 0 Å². The third-order valence-electron chi connectivity index (χ3n) is 16.4. The molecule has 1 aromatic heterocycles. The second-order valence-corrected chi connectivity index (χ2v) is 20.7. The topological polar surface area (TPSA) is 13.1 Å². The zero-order valence-corrected chi connectivity index (χ0v) is 42.0. The molecule has 0 atom stereocenters. The number of fused-ring (bicyclic) bond motifs is 10. The van der Waals surface area contributed by atoms with Crippen LogP contribution in [0.5, 0.6) is 0 Å². The van der Waals surface area contributed by atoms with Crippen LogP contribution in [0.25, 0.3) is 164 Å². The van der Waals surface area contributed by atoms with Gasteiger partial charge in [-0.15, -0.1) is 0 Å². The SMILES string of the molecule is c1ccc2cc(-c3ccc(-c4c5ccccc5c(-c5ccc6ccc(-c7ccc8ccc(-c9c%10ccccc%10c(-c%10cccc%11oc%12ccccc%12c%10%11)c%10ccccc9%10)cc8c7)cc6c5)c5ccccc45)cc3)ccc2c1. The van der Waals surface area contributed by atoms with E-state index < -0.39 is 0 Å². The molecule has 16 aromatic rings. The third-order valence-corrected chi connectivity index (χ3v) is 16.4. The zero-order chi connectivity index (χ0) is 50.6. The third kappa shape index (κ3) is 6.95. The van der Waals surface area contributed by atoms with Crippen molar-refractivity contribution in [3.63, 3.8) is 0 Å². The molecule has 1 heteroatoms. The zero-order valence-electron chi connectivity index (χ0n) is 42.0. The highest BCUT2D eigenvalue weighted by Crippen LogP contribution is 2.48. The van der Waals surface area contributed by atoms with E-state index in [1.165, 1.54) is 142 Å². The maximum absolute atomic E-state index is 6.42. The Morgan fingerprint density at radius 3 is 1.01 bits per heavy atom. The molecular formula is C76H46O. The summed E-state index contributed by atoms with van der Waals surface area (Å²) in [6.45, 7) is 0. The monoisotopic (exact) mass is 974 g/mol. The van der Waals surface area contributed by atoms with E-state index in [4.69, 9.17) is 4.42 Å². The van der Waals surface area contributed by atoms with Crippen molar-refractivity contribution in [2.75, 3.05) is 0 Å². The quantitative estimate of drug-likeness (QED) is 0.151. The Kier molecular flexibility index (Phi) is 9.71. The Bertz CT molecular complexity index is 4980. The Labute approximate surface area is 445 Å². The van der Waals surface area contributed by atoms with E-state index in [1.54, 1.807) is 0 Å². The molecular weight excluding hydrogens is 929 g/mol. The number of rotatable bonds is 6. The van der Waals surface area contributed by atoms with Crippen LogP contribution < -0.4 is 0 Å². The number of furan rings is 1. The Balaban J connectivity index is 0.795. The van der Waals surface area contributed by atoms with Crippen molar-refractivity contribution in [3.8, 4) is 66.8 Å². The summed E-state index contributed by atoms with van der Waals surface area (Å²) in [5, 5.41) is 19.6. The number of benzene rings is 15. The van der Waals surface area contributed by atoms with Crippen LogP contribution in [0.2, 0.25) is 0 Å². The first-order chi connectivity index (χ1) is 38.2. The smallest absolute Gasteiger partial charge is 0.136 e. The van der Waals surface area contributed by atoms with E-state index in [0.29, 0.717) is 0 Å². The highest BCUT2D eigenvalue weighted by atomic mass is 16.3. The number of hydrogen-bond acceptors (Lipinski definition) is 1. The van der Waals surface area contributed by atoms with Crippen LogP contribution in [0.4, 0.5) is 0 Å². The van der Waals surface area contributed by atoms with Crippen LogP contribution in [0, 0.1) is 0 Å². The van der Waals surface area contributed by atoms with Crippen LogP contribution in [0.3, 0.4) is 0 Å². The van der Waals surface area contributed by atoms with Gasteiger partial charge in [0, 0.05) is 10.8 Å². The van der Waals surface area contributed by atoms with Crippen molar-refractivity contribution in [3.05, 3.63) is 279 Å². The van der Waals surface area contributed by atoms with Gasteiger partial charge in [0.15, 0.2) is 0 Å². The van der Waals surface area contributed by atoms with Gasteiger partial charge < -0.3 is 4.42 Å². The van der Waals surface area contributed by atoms with Crippen molar-refractivity contribution in [2.45, 2.75) is 0 Å². The normalized spacial score (nSPS) is 11.9. The summed E-state index contributed by atoms with van der Waals surface area (Å²) in [5.41, 5.74) is 16.5. The highest BCUT2D eigenvalue weighted by molar-refractivity contribution is 6.26. The molecule has 0 bridgehead atoms. The maximum atomic E-state index is 6.42. The first-order valence-corrected chi connectivity index (χ1v) is 26.6. The van der Waals surface area contributed by atoms with Gasteiger partial charge in [0.1, 0.15) is 11.2 Å². The lowest BCUT2D eigenvalue weighted by molar-refractivity contribution is 0.669. The molecule has 0 aliphatic carbocycles. The second-order valence-electron chi connectivity index (χ2n) is 20.7. The lowest BCUT2D eigenvalue weighted by Gasteiger charge is -2.18. The molecule has 0 saturated carbocycles. The minimum atomic E-state index is 0.904. The van der Waals surface area contributed by atoms with Crippen molar-refractivity contribution in [1.82, 2.24) is 0 Å². The summed E-state index contributed by atoms with van der Waals surface area (Å²) < 4.78 is 6.42. The van der Waals surface area contributed by atoms with Gasteiger partial charge >= 0.3 is 0 Å². The molecule has 0 unspecified atom stereocenters. The molecule has 0 spiro atoms. The highest BCUT2D eigenvalue weighted by Gasteiger charge is 2.21. The summed E-state index contributed by atoms with van der Waals surface area (Å²) in [6.07, 6.45) is 0. The molecule has 0 saturated heterocycles. The predicted molar refractivity (Wildman–Crippen MR) is 329 cm³/mol. The molecule has 0 N–H and O–H groups in total. The second kappa shape index (κ2) is 17.2. The van der Waals surface area contributed by atoms with E-state index >= 15 is 0 Å². The van der Waals surface area contributed by atoms with Gasteiger partial charge in [-0.1, -0.05) is 237 Å². The van der Waals surface area contributed by atoms with E-state index in [0.717, 1.165) is 21.9 Å². The van der Waals surface area contributed by atoms with Crippen molar-refractivity contribution in [2.24, 2.45) is 0 Å². The first-order valence-electron chi connectivity index (χ1n) is 26.6. The molecule has 15 aromatic carbocycles. The molecule has 1 nitrogen and oxygen atoms in total. The van der Waals surface area contributed by atoms with Crippen LogP contribution in [0.15, 0.2) is 283 Å². The molecule has 0 fully saturated rings. The summed E-state index contributed by atoms with van der Waals surface area (Å²) in [5.74, 6) is 0. The fourth-order valence-electron chi connectivity index (χ4n) is 12.8. The largest absolute Gasteiger partial charge is 0.456 e. The van der Waals surface area contributed by atoms with E-state index in [2.05, 4.69) is 273 Å². The average Bonchev–Trinajstić information content (AvgIpc) is 4.05.